The zero-order valence-corrected chi connectivity index (χ0v) is 10.8. The van der Waals surface area contributed by atoms with Gasteiger partial charge in [0.1, 0.15) is 5.82 Å². The first-order chi connectivity index (χ1) is 8.22. The highest BCUT2D eigenvalue weighted by Gasteiger charge is 2.23. The van der Waals surface area contributed by atoms with Gasteiger partial charge in [-0.15, -0.1) is 0 Å². The van der Waals surface area contributed by atoms with Gasteiger partial charge in [0.25, 0.3) is 0 Å². The van der Waals surface area contributed by atoms with Crippen molar-refractivity contribution in [3.8, 4) is 0 Å². The molecular formula is C14H22N2O. The highest BCUT2D eigenvalue weighted by molar-refractivity contribution is 5.46. The van der Waals surface area contributed by atoms with Crippen LogP contribution in [0.15, 0.2) is 18.3 Å². The van der Waals surface area contributed by atoms with Crippen LogP contribution in [0.1, 0.15) is 38.2 Å². The van der Waals surface area contributed by atoms with Crippen molar-refractivity contribution in [3.63, 3.8) is 0 Å². The molecule has 2 rings (SSSR count). The third kappa shape index (κ3) is 2.78. The van der Waals surface area contributed by atoms with Crippen molar-refractivity contribution < 1.29 is 5.11 Å². The molecule has 1 aliphatic carbocycles. The molecular weight excluding hydrogens is 212 g/mol. The molecule has 1 aliphatic rings. The van der Waals surface area contributed by atoms with Crippen LogP contribution in [-0.2, 0) is 6.61 Å². The second kappa shape index (κ2) is 5.50. The number of pyridine rings is 1. The summed E-state index contributed by atoms with van der Waals surface area (Å²) in [6, 6.07) is 4.40. The molecule has 0 aliphatic heterocycles. The molecule has 1 heterocycles. The zero-order chi connectivity index (χ0) is 12.3. The first-order valence-electron chi connectivity index (χ1n) is 6.50. The third-order valence-electron chi connectivity index (χ3n) is 3.91. The van der Waals surface area contributed by atoms with Crippen molar-refractivity contribution in [2.45, 2.75) is 45.3 Å². The van der Waals surface area contributed by atoms with E-state index in [0.29, 0.717) is 6.04 Å². The number of aliphatic hydroxyl groups excluding tert-OH is 1. The van der Waals surface area contributed by atoms with Crippen molar-refractivity contribution in [3.05, 3.63) is 23.9 Å². The van der Waals surface area contributed by atoms with E-state index in [4.69, 9.17) is 0 Å². The van der Waals surface area contributed by atoms with Crippen LogP contribution in [0.4, 0.5) is 5.82 Å². The Morgan fingerprint density at radius 2 is 2.06 bits per heavy atom. The van der Waals surface area contributed by atoms with Gasteiger partial charge in [-0.3, -0.25) is 0 Å². The lowest BCUT2D eigenvalue weighted by Crippen LogP contribution is -2.35. The second-order valence-corrected chi connectivity index (χ2v) is 5.17. The maximum Gasteiger partial charge on any atom is 0.134 e. The quantitative estimate of drug-likeness (QED) is 0.873. The van der Waals surface area contributed by atoms with E-state index in [1.54, 1.807) is 6.20 Å². The Bertz CT molecular complexity index is 359. The van der Waals surface area contributed by atoms with Gasteiger partial charge in [-0.2, -0.15) is 0 Å². The summed E-state index contributed by atoms with van der Waals surface area (Å²) in [6.45, 7) is 2.40. The summed E-state index contributed by atoms with van der Waals surface area (Å²) in [4.78, 5) is 6.66. The summed E-state index contributed by atoms with van der Waals surface area (Å²) >= 11 is 0. The molecule has 1 aromatic rings. The topological polar surface area (TPSA) is 36.4 Å². The van der Waals surface area contributed by atoms with Gasteiger partial charge in [-0.05, 0) is 37.7 Å². The minimum absolute atomic E-state index is 0.0661. The fraction of sp³-hybridized carbons (Fsp3) is 0.643. The number of nitrogens with zero attached hydrogens (tertiary/aromatic N) is 2. The van der Waals surface area contributed by atoms with Crippen LogP contribution >= 0.6 is 0 Å². The predicted molar refractivity (Wildman–Crippen MR) is 70.0 cm³/mol. The van der Waals surface area contributed by atoms with E-state index in [9.17, 15) is 5.11 Å². The van der Waals surface area contributed by atoms with E-state index in [1.165, 1.54) is 25.7 Å². The molecule has 94 valence electrons. The highest BCUT2D eigenvalue weighted by Crippen LogP contribution is 2.29. The summed E-state index contributed by atoms with van der Waals surface area (Å²) in [7, 11) is 2.10. The van der Waals surface area contributed by atoms with Gasteiger partial charge in [-0.25, -0.2) is 4.98 Å². The summed E-state index contributed by atoms with van der Waals surface area (Å²) in [5.74, 6) is 1.80. The van der Waals surface area contributed by atoms with Crippen LogP contribution in [0.2, 0.25) is 0 Å². The first-order valence-corrected chi connectivity index (χ1v) is 6.50. The molecule has 17 heavy (non-hydrogen) atoms. The Morgan fingerprint density at radius 3 is 2.71 bits per heavy atom. The van der Waals surface area contributed by atoms with E-state index in [2.05, 4.69) is 23.9 Å². The highest BCUT2D eigenvalue weighted by atomic mass is 16.3. The van der Waals surface area contributed by atoms with Crippen molar-refractivity contribution in [1.29, 1.82) is 0 Å². The number of aromatic nitrogens is 1. The number of rotatable bonds is 3. The monoisotopic (exact) mass is 234 g/mol. The third-order valence-corrected chi connectivity index (χ3v) is 3.91. The average molecular weight is 234 g/mol. The number of hydrogen-bond acceptors (Lipinski definition) is 3. The smallest absolute Gasteiger partial charge is 0.134 e. The fourth-order valence-corrected chi connectivity index (χ4v) is 2.67. The molecule has 0 unspecified atom stereocenters. The minimum Gasteiger partial charge on any atom is -0.392 e. The van der Waals surface area contributed by atoms with Crippen LogP contribution in [0, 0.1) is 5.92 Å². The number of hydrogen-bond donors (Lipinski definition) is 1. The molecule has 1 N–H and O–H groups in total. The predicted octanol–water partition coefficient (Wildman–Crippen LogP) is 2.59. The molecule has 0 saturated heterocycles. The Labute approximate surface area is 103 Å². The Hall–Kier alpha value is -1.09. The maximum atomic E-state index is 9.34. The van der Waals surface area contributed by atoms with E-state index in [-0.39, 0.29) is 6.61 Å². The maximum absolute atomic E-state index is 9.34. The van der Waals surface area contributed by atoms with Crippen LogP contribution in [-0.4, -0.2) is 23.2 Å². The Morgan fingerprint density at radius 1 is 1.35 bits per heavy atom. The van der Waals surface area contributed by atoms with Crippen molar-refractivity contribution in [2.75, 3.05) is 11.9 Å². The van der Waals surface area contributed by atoms with Gasteiger partial charge < -0.3 is 10.0 Å². The largest absolute Gasteiger partial charge is 0.392 e. The molecule has 0 amide bonds. The van der Waals surface area contributed by atoms with Crippen molar-refractivity contribution >= 4 is 5.82 Å². The number of aliphatic hydroxyl groups is 1. The van der Waals surface area contributed by atoms with Gasteiger partial charge >= 0.3 is 0 Å². The summed E-state index contributed by atoms with van der Waals surface area (Å²) < 4.78 is 0. The standard InChI is InChI=1S/C14H22N2O/c1-11-5-7-13(8-6-11)16(2)14-12(10-17)4-3-9-15-14/h3-4,9,11,13,17H,5-8,10H2,1-2H3. The zero-order valence-electron chi connectivity index (χ0n) is 10.8. The van der Waals surface area contributed by atoms with Gasteiger partial charge in [-0.1, -0.05) is 13.0 Å². The minimum atomic E-state index is 0.0661. The normalized spacial score (nSPS) is 24.6. The van der Waals surface area contributed by atoms with E-state index in [1.807, 2.05) is 12.1 Å². The molecule has 0 spiro atoms. The van der Waals surface area contributed by atoms with Crippen molar-refractivity contribution in [2.24, 2.45) is 5.92 Å². The molecule has 3 heteroatoms. The van der Waals surface area contributed by atoms with Gasteiger partial charge in [0.05, 0.1) is 6.61 Å². The Kier molecular flexibility index (Phi) is 4.00. The summed E-state index contributed by atoms with van der Waals surface area (Å²) in [5, 5.41) is 9.34. The van der Waals surface area contributed by atoms with E-state index in [0.717, 1.165) is 17.3 Å². The first kappa shape index (κ1) is 12.4. The lowest BCUT2D eigenvalue weighted by atomic mass is 9.86. The lowest BCUT2D eigenvalue weighted by Gasteiger charge is -2.35. The number of anilines is 1. The molecule has 0 bridgehead atoms. The summed E-state index contributed by atoms with van der Waals surface area (Å²) in [6.07, 6.45) is 6.88. The molecule has 1 fully saturated rings. The van der Waals surface area contributed by atoms with Crippen LogP contribution in [0.3, 0.4) is 0 Å². The second-order valence-electron chi connectivity index (χ2n) is 5.17. The van der Waals surface area contributed by atoms with Crippen LogP contribution in [0.25, 0.3) is 0 Å². The van der Waals surface area contributed by atoms with E-state index < -0.39 is 0 Å². The molecule has 0 atom stereocenters. The fourth-order valence-electron chi connectivity index (χ4n) is 2.67. The summed E-state index contributed by atoms with van der Waals surface area (Å²) in [5.41, 5.74) is 0.925. The molecule has 1 aromatic heterocycles. The van der Waals surface area contributed by atoms with Crippen molar-refractivity contribution in [1.82, 2.24) is 4.98 Å². The SMILES string of the molecule is CC1CCC(N(C)c2ncccc2CO)CC1. The molecule has 0 radical (unpaired) electrons. The Balaban J connectivity index is 2.10. The van der Waals surface area contributed by atoms with Crippen LogP contribution < -0.4 is 4.90 Å². The lowest BCUT2D eigenvalue weighted by molar-refractivity contribution is 0.280. The van der Waals surface area contributed by atoms with Gasteiger partial charge in [0, 0.05) is 24.8 Å². The molecule has 0 aromatic carbocycles. The molecule has 3 nitrogen and oxygen atoms in total. The molecule has 1 saturated carbocycles. The van der Waals surface area contributed by atoms with E-state index >= 15 is 0 Å². The van der Waals surface area contributed by atoms with Crippen LogP contribution in [0.5, 0.6) is 0 Å². The average Bonchev–Trinajstić information content (AvgIpc) is 2.39. The van der Waals surface area contributed by atoms with Gasteiger partial charge in [0.15, 0.2) is 0 Å². The van der Waals surface area contributed by atoms with Gasteiger partial charge in [0.2, 0.25) is 0 Å².